The number of aromatic nitrogens is 3. The zero-order valence-corrected chi connectivity index (χ0v) is 17.6. The summed E-state index contributed by atoms with van der Waals surface area (Å²) < 4.78 is 5.16. The number of rotatable bonds is 4. The van der Waals surface area contributed by atoms with E-state index in [-0.39, 0.29) is 6.03 Å². The summed E-state index contributed by atoms with van der Waals surface area (Å²) in [5.74, 6) is 2.05. The minimum atomic E-state index is -0.0632. The van der Waals surface area contributed by atoms with E-state index in [4.69, 9.17) is 4.52 Å². The molecule has 0 atom stereocenters. The van der Waals surface area contributed by atoms with Gasteiger partial charge in [-0.1, -0.05) is 18.1 Å². The topological polar surface area (TPSA) is 87.4 Å². The van der Waals surface area contributed by atoms with Gasteiger partial charge in [0, 0.05) is 50.0 Å². The van der Waals surface area contributed by atoms with Gasteiger partial charge in [0.1, 0.15) is 5.82 Å². The molecule has 0 bridgehead atoms. The number of pyridine rings is 1. The molecule has 1 N–H and O–H groups in total. The molecule has 4 rings (SSSR count). The van der Waals surface area contributed by atoms with Crippen LogP contribution >= 0.6 is 0 Å². The van der Waals surface area contributed by atoms with E-state index in [9.17, 15) is 4.79 Å². The van der Waals surface area contributed by atoms with Crippen LogP contribution < -0.4 is 10.2 Å². The molecular formula is C22H26N6O2. The highest BCUT2D eigenvalue weighted by molar-refractivity contribution is 5.89. The van der Waals surface area contributed by atoms with E-state index in [0.717, 1.165) is 41.3 Å². The Morgan fingerprint density at radius 3 is 2.43 bits per heavy atom. The molecule has 2 amide bonds. The fourth-order valence-corrected chi connectivity index (χ4v) is 3.61. The van der Waals surface area contributed by atoms with Gasteiger partial charge in [-0.25, -0.2) is 9.78 Å². The Labute approximate surface area is 175 Å². The molecule has 1 fully saturated rings. The lowest BCUT2D eigenvalue weighted by Gasteiger charge is -2.35. The molecule has 0 unspecified atom stereocenters. The van der Waals surface area contributed by atoms with Crippen LogP contribution in [0.5, 0.6) is 0 Å². The van der Waals surface area contributed by atoms with Gasteiger partial charge in [0.15, 0.2) is 0 Å². The van der Waals surface area contributed by atoms with Gasteiger partial charge in [0.05, 0.1) is 0 Å². The van der Waals surface area contributed by atoms with Crippen molar-refractivity contribution in [3.63, 3.8) is 0 Å². The number of anilines is 2. The number of carbonyl (C=O) groups is 1. The molecular weight excluding hydrogens is 380 g/mol. The lowest BCUT2D eigenvalue weighted by molar-refractivity contribution is 0.208. The van der Waals surface area contributed by atoms with Crippen LogP contribution in [0, 0.1) is 13.8 Å². The molecule has 0 saturated carbocycles. The third-order valence-corrected chi connectivity index (χ3v) is 5.14. The maximum Gasteiger partial charge on any atom is 0.321 e. The van der Waals surface area contributed by atoms with Crippen LogP contribution in [0.2, 0.25) is 0 Å². The summed E-state index contributed by atoms with van der Waals surface area (Å²) in [6.07, 6.45) is 2.47. The molecule has 2 aromatic heterocycles. The van der Waals surface area contributed by atoms with E-state index in [0.29, 0.717) is 31.2 Å². The Morgan fingerprint density at radius 1 is 1.10 bits per heavy atom. The van der Waals surface area contributed by atoms with Crippen LogP contribution in [0.15, 0.2) is 41.1 Å². The summed E-state index contributed by atoms with van der Waals surface area (Å²) in [6, 6.07) is 9.91. The quantitative estimate of drug-likeness (QED) is 0.711. The highest BCUT2D eigenvalue weighted by atomic mass is 16.5. The van der Waals surface area contributed by atoms with Crippen LogP contribution in [0.3, 0.4) is 0 Å². The van der Waals surface area contributed by atoms with Crippen molar-refractivity contribution in [1.29, 1.82) is 0 Å². The Balaban J connectivity index is 1.34. The molecule has 1 saturated heterocycles. The zero-order chi connectivity index (χ0) is 21.1. The number of carbonyl (C=O) groups excluding carboxylic acids is 1. The first kappa shape index (κ1) is 19.9. The Kier molecular flexibility index (Phi) is 5.65. The SMILES string of the molecule is CCc1nc(-c2ccc(N3CCN(C(=O)Nc4cc(C)cc(C)c4)CC3)nc2)no1. The number of piperazine rings is 1. The first-order chi connectivity index (χ1) is 14.5. The second-order valence-corrected chi connectivity index (χ2v) is 7.55. The molecule has 3 heterocycles. The molecule has 1 aliphatic rings. The van der Waals surface area contributed by atoms with Crippen molar-refractivity contribution >= 4 is 17.5 Å². The van der Waals surface area contributed by atoms with E-state index >= 15 is 0 Å². The fourth-order valence-electron chi connectivity index (χ4n) is 3.61. The van der Waals surface area contributed by atoms with Crippen LogP contribution in [-0.2, 0) is 6.42 Å². The second-order valence-electron chi connectivity index (χ2n) is 7.55. The third kappa shape index (κ3) is 4.42. The lowest BCUT2D eigenvalue weighted by atomic mass is 10.1. The smallest absolute Gasteiger partial charge is 0.321 e. The summed E-state index contributed by atoms with van der Waals surface area (Å²) in [6.45, 7) is 8.78. The average Bonchev–Trinajstić information content (AvgIpc) is 3.23. The Morgan fingerprint density at radius 2 is 1.83 bits per heavy atom. The Bertz CT molecular complexity index is 1000. The zero-order valence-electron chi connectivity index (χ0n) is 17.6. The van der Waals surface area contributed by atoms with Crippen LogP contribution in [0.4, 0.5) is 16.3 Å². The van der Waals surface area contributed by atoms with Gasteiger partial charge in [0.25, 0.3) is 0 Å². The maximum absolute atomic E-state index is 12.6. The van der Waals surface area contributed by atoms with Crippen molar-refractivity contribution in [2.24, 2.45) is 0 Å². The predicted molar refractivity (Wildman–Crippen MR) is 116 cm³/mol. The van der Waals surface area contributed by atoms with Gasteiger partial charge in [0.2, 0.25) is 11.7 Å². The number of aryl methyl sites for hydroxylation is 3. The molecule has 8 heteroatoms. The van der Waals surface area contributed by atoms with Gasteiger partial charge < -0.3 is 19.6 Å². The lowest BCUT2D eigenvalue weighted by Crippen LogP contribution is -2.50. The van der Waals surface area contributed by atoms with Gasteiger partial charge >= 0.3 is 6.03 Å². The standard InChI is InChI=1S/C22H26N6O2/c1-4-20-25-21(26-30-20)17-5-6-19(23-14-17)27-7-9-28(10-8-27)22(29)24-18-12-15(2)11-16(3)13-18/h5-6,11-14H,4,7-10H2,1-3H3,(H,24,29). The average molecular weight is 406 g/mol. The minimum absolute atomic E-state index is 0.0632. The van der Waals surface area contributed by atoms with Gasteiger partial charge in [-0.3, -0.25) is 0 Å². The van der Waals surface area contributed by atoms with Crippen molar-refractivity contribution in [3.8, 4) is 11.4 Å². The highest BCUT2D eigenvalue weighted by Crippen LogP contribution is 2.20. The van der Waals surface area contributed by atoms with Crippen molar-refractivity contribution in [2.75, 3.05) is 36.4 Å². The molecule has 3 aromatic rings. The Hall–Kier alpha value is -3.42. The normalized spacial score (nSPS) is 14.1. The molecule has 156 valence electrons. The largest absolute Gasteiger partial charge is 0.353 e. The van der Waals surface area contributed by atoms with Gasteiger partial charge in [-0.15, -0.1) is 0 Å². The monoisotopic (exact) mass is 406 g/mol. The van der Waals surface area contributed by atoms with Gasteiger partial charge in [-0.05, 0) is 49.2 Å². The summed E-state index contributed by atoms with van der Waals surface area (Å²) in [7, 11) is 0. The molecule has 0 radical (unpaired) electrons. The minimum Gasteiger partial charge on any atom is -0.353 e. The number of amides is 2. The number of hydrogen-bond acceptors (Lipinski definition) is 6. The molecule has 0 aliphatic carbocycles. The summed E-state index contributed by atoms with van der Waals surface area (Å²) in [5.41, 5.74) is 3.94. The molecule has 1 aromatic carbocycles. The molecule has 1 aliphatic heterocycles. The van der Waals surface area contributed by atoms with E-state index in [1.165, 1.54) is 0 Å². The van der Waals surface area contributed by atoms with Crippen molar-refractivity contribution in [2.45, 2.75) is 27.2 Å². The highest BCUT2D eigenvalue weighted by Gasteiger charge is 2.22. The molecule has 0 spiro atoms. The van der Waals surface area contributed by atoms with Gasteiger partial charge in [-0.2, -0.15) is 4.98 Å². The van der Waals surface area contributed by atoms with E-state index in [2.05, 4.69) is 31.4 Å². The summed E-state index contributed by atoms with van der Waals surface area (Å²) >= 11 is 0. The number of hydrogen-bond donors (Lipinski definition) is 1. The van der Waals surface area contributed by atoms with E-state index in [1.807, 2.05) is 49.9 Å². The summed E-state index contributed by atoms with van der Waals surface area (Å²) in [5, 5.41) is 6.99. The number of nitrogens with one attached hydrogen (secondary N) is 1. The molecule has 30 heavy (non-hydrogen) atoms. The number of urea groups is 1. The fraction of sp³-hybridized carbons (Fsp3) is 0.364. The van der Waals surface area contributed by atoms with Crippen molar-refractivity contribution in [3.05, 3.63) is 53.5 Å². The number of nitrogens with zero attached hydrogens (tertiary/aromatic N) is 5. The first-order valence-electron chi connectivity index (χ1n) is 10.2. The van der Waals surface area contributed by atoms with Crippen molar-refractivity contribution in [1.82, 2.24) is 20.0 Å². The van der Waals surface area contributed by atoms with Crippen LogP contribution in [0.1, 0.15) is 23.9 Å². The number of benzene rings is 1. The molecule has 8 nitrogen and oxygen atoms in total. The first-order valence-corrected chi connectivity index (χ1v) is 10.2. The van der Waals surface area contributed by atoms with Crippen LogP contribution in [-0.4, -0.2) is 52.2 Å². The third-order valence-electron chi connectivity index (χ3n) is 5.14. The van der Waals surface area contributed by atoms with E-state index < -0.39 is 0 Å². The maximum atomic E-state index is 12.6. The predicted octanol–water partition coefficient (Wildman–Crippen LogP) is 3.66. The second kappa shape index (κ2) is 8.52. The van der Waals surface area contributed by atoms with Crippen molar-refractivity contribution < 1.29 is 9.32 Å². The summed E-state index contributed by atoms with van der Waals surface area (Å²) in [4.78, 5) is 25.5. The van der Waals surface area contributed by atoms with E-state index in [1.54, 1.807) is 6.20 Å². The van der Waals surface area contributed by atoms with Crippen LogP contribution in [0.25, 0.3) is 11.4 Å².